The normalized spacial score (nSPS) is 16.8. The minimum absolute atomic E-state index is 0.0999. The molecule has 1 heterocycles. The summed E-state index contributed by atoms with van der Waals surface area (Å²) in [5, 5.41) is 8.11. The van der Waals surface area contributed by atoms with Gasteiger partial charge in [0.2, 0.25) is 0 Å². The van der Waals surface area contributed by atoms with Crippen LogP contribution in [0.25, 0.3) is 0 Å². The average molecular weight is 686 g/mol. The van der Waals surface area contributed by atoms with Crippen molar-refractivity contribution in [1.82, 2.24) is 15.2 Å². The summed E-state index contributed by atoms with van der Waals surface area (Å²) in [5.74, 6) is 0.417. The Balaban J connectivity index is 1.05. The number of aromatic nitrogens is 1. The molecule has 4 amide bonds. The summed E-state index contributed by atoms with van der Waals surface area (Å²) in [5.41, 5.74) is 2.42. The topological polar surface area (TPSA) is 148 Å². The van der Waals surface area contributed by atoms with E-state index in [9.17, 15) is 19.2 Å². The molecule has 3 N–H and O–H groups in total. The van der Waals surface area contributed by atoms with Crippen LogP contribution in [-0.4, -0.2) is 57.9 Å². The third-order valence-electron chi connectivity index (χ3n) is 8.03. The van der Waals surface area contributed by atoms with E-state index in [-0.39, 0.29) is 31.2 Å². The van der Waals surface area contributed by atoms with Gasteiger partial charge in [0.05, 0.1) is 29.2 Å². The van der Waals surface area contributed by atoms with Gasteiger partial charge in [0.1, 0.15) is 17.8 Å². The maximum Gasteiger partial charge on any atom is 0.412 e. The maximum atomic E-state index is 12.9. The lowest BCUT2D eigenvalue weighted by atomic mass is 10.1. The van der Waals surface area contributed by atoms with Crippen molar-refractivity contribution in [3.63, 3.8) is 0 Å². The van der Waals surface area contributed by atoms with Crippen LogP contribution in [0, 0.1) is 5.92 Å². The predicted octanol–water partition coefficient (Wildman–Crippen LogP) is 7.61. The monoisotopic (exact) mass is 685 g/mol. The van der Waals surface area contributed by atoms with Crippen molar-refractivity contribution in [3.05, 3.63) is 89.2 Å². The van der Waals surface area contributed by atoms with Crippen LogP contribution in [0.2, 0.25) is 0 Å². The molecule has 12 nitrogen and oxygen atoms in total. The Hall–Kier alpha value is -5.13. The summed E-state index contributed by atoms with van der Waals surface area (Å²) >= 11 is 0. The van der Waals surface area contributed by atoms with Gasteiger partial charge in [0, 0.05) is 24.7 Å². The molecule has 0 saturated heterocycles. The molecule has 2 aromatic carbocycles. The van der Waals surface area contributed by atoms with Gasteiger partial charge in [0.15, 0.2) is 0 Å². The van der Waals surface area contributed by atoms with E-state index in [0.717, 1.165) is 36.9 Å². The molecule has 0 radical (unpaired) electrons. The summed E-state index contributed by atoms with van der Waals surface area (Å²) in [6.07, 6.45) is 3.17. The van der Waals surface area contributed by atoms with Crippen LogP contribution in [0.15, 0.2) is 66.9 Å². The minimum Gasteiger partial charge on any atom is -0.445 e. The fourth-order valence-corrected chi connectivity index (χ4v) is 5.33. The number of hydrogen-bond acceptors (Lipinski definition) is 8. The molecule has 1 aromatic heterocycles. The highest BCUT2D eigenvalue weighted by Gasteiger charge is 2.47. The first-order valence-electron chi connectivity index (χ1n) is 17.0. The Bertz CT molecular complexity index is 1680. The van der Waals surface area contributed by atoms with Crippen molar-refractivity contribution >= 4 is 35.6 Å². The van der Waals surface area contributed by atoms with E-state index < -0.39 is 29.3 Å². The van der Waals surface area contributed by atoms with E-state index in [1.54, 1.807) is 57.2 Å². The molecule has 2 atom stereocenters. The van der Waals surface area contributed by atoms with Crippen molar-refractivity contribution in [2.24, 2.45) is 5.92 Å². The van der Waals surface area contributed by atoms with Crippen LogP contribution in [-0.2, 0) is 27.4 Å². The average Bonchev–Trinajstić information content (AvgIpc) is 3.97. The largest absolute Gasteiger partial charge is 0.445 e. The fraction of sp³-hybridized carbons (Fsp3) is 0.447. The standard InChI is InChI=1S/C38H47N5O7/c1-37(2,3)49-35(46)42-31-10-8-7-9-30(31)41-33(44)27-17-18-28(39-20-27)21-40-34(45)48-23-25-13-15-26(16-14-25)29-19-32(29)43(22-24-11-12-24)36(47)50-38(4,5)6/h7-10,13-18,20,24,29,32H,11-12,19,21-23H2,1-6H3,(H,40,45)(H,41,44)(H,42,46). The highest BCUT2D eigenvalue weighted by molar-refractivity contribution is 6.06. The molecule has 3 aromatic rings. The molecule has 0 aliphatic heterocycles. The zero-order chi connectivity index (χ0) is 36.1. The molecular weight excluding hydrogens is 638 g/mol. The van der Waals surface area contributed by atoms with Crippen molar-refractivity contribution in [2.75, 3.05) is 17.2 Å². The van der Waals surface area contributed by atoms with Crippen LogP contribution in [0.3, 0.4) is 0 Å². The van der Waals surface area contributed by atoms with Crippen molar-refractivity contribution in [1.29, 1.82) is 0 Å². The number of rotatable bonds is 11. The molecule has 5 rings (SSSR count). The second kappa shape index (κ2) is 15.2. The van der Waals surface area contributed by atoms with E-state index in [1.807, 2.05) is 49.9 Å². The number of nitrogens with zero attached hydrogens (tertiary/aromatic N) is 2. The number of carbonyl (C=O) groups excluding carboxylic acids is 4. The molecule has 50 heavy (non-hydrogen) atoms. The second-order valence-corrected chi connectivity index (χ2v) is 14.8. The maximum absolute atomic E-state index is 12.9. The number of benzene rings is 2. The molecule has 2 aliphatic carbocycles. The van der Waals surface area contributed by atoms with Gasteiger partial charge < -0.3 is 29.7 Å². The van der Waals surface area contributed by atoms with Crippen molar-refractivity contribution in [3.8, 4) is 0 Å². The van der Waals surface area contributed by atoms with Crippen LogP contribution >= 0.6 is 0 Å². The molecule has 266 valence electrons. The Morgan fingerprint density at radius 1 is 0.820 bits per heavy atom. The highest BCUT2D eigenvalue weighted by atomic mass is 16.6. The van der Waals surface area contributed by atoms with Gasteiger partial charge in [-0.3, -0.25) is 15.1 Å². The van der Waals surface area contributed by atoms with Gasteiger partial charge >= 0.3 is 18.3 Å². The summed E-state index contributed by atoms with van der Waals surface area (Å²) in [6, 6.07) is 18.1. The smallest absolute Gasteiger partial charge is 0.412 e. The molecular formula is C38H47N5O7. The Morgan fingerprint density at radius 3 is 2.08 bits per heavy atom. The summed E-state index contributed by atoms with van der Waals surface area (Å²) < 4.78 is 16.4. The predicted molar refractivity (Wildman–Crippen MR) is 189 cm³/mol. The van der Waals surface area contributed by atoms with Gasteiger partial charge in [0.25, 0.3) is 5.91 Å². The SMILES string of the molecule is CC(C)(C)OC(=O)Nc1ccccc1NC(=O)c1ccc(CNC(=O)OCc2ccc(C3CC3N(CC3CC3)C(=O)OC(C)(C)C)cc2)nc1. The number of alkyl carbamates (subject to hydrolysis) is 1. The van der Waals surface area contributed by atoms with Gasteiger partial charge in [-0.25, -0.2) is 14.4 Å². The van der Waals surface area contributed by atoms with E-state index in [1.165, 1.54) is 6.20 Å². The van der Waals surface area contributed by atoms with Gasteiger partial charge in [-0.05, 0) is 102 Å². The lowest BCUT2D eigenvalue weighted by Crippen LogP contribution is -2.40. The highest BCUT2D eigenvalue weighted by Crippen LogP contribution is 2.46. The van der Waals surface area contributed by atoms with E-state index in [4.69, 9.17) is 14.2 Å². The number of anilines is 2. The fourth-order valence-electron chi connectivity index (χ4n) is 5.33. The van der Waals surface area contributed by atoms with Crippen LogP contribution < -0.4 is 16.0 Å². The molecule has 2 unspecified atom stereocenters. The lowest BCUT2D eigenvalue weighted by Gasteiger charge is -2.28. The molecule has 2 aliphatic rings. The quantitative estimate of drug-likeness (QED) is 0.175. The Labute approximate surface area is 293 Å². The lowest BCUT2D eigenvalue weighted by molar-refractivity contribution is 0.0220. The van der Waals surface area contributed by atoms with Gasteiger partial charge in [-0.2, -0.15) is 0 Å². The molecule has 2 fully saturated rings. The molecule has 0 spiro atoms. The first-order chi connectivity index (χ1) is 23.6. The van der Waals surface area contributed by atoms with E-state index in [2.05, 4.69) is 20.9 Å². The molecule has 2 saturated carbocycles. The number of carbonyl (C=O) groups is 4. The zero-order valence-corrected chi connectivity index (χ0v) is 29.6. The third kappa shape index (κ3) is 10.9. The minimum atomic E-state index is -0.668. The number of pyridine rings is 1. The zero-order valence-electron chi connectivity index (χ0n) is 29.6. The Kier molecular flexibility index (Phi) is 11.0. The van der Waals surface area contributed by atoms with Gasteiger partial charge in [-0.1, -0.05) is 36.4 Å². The first-order valence-corrected chi connectivity index (χ1v) is 17.0. The number of ether oxygens (including phenoxy) is 3. The van der Waals surface area contributed by atoms with Crippen LogP contribution in [0.1, 0.15) is 93.9 Å². The third-order valence-corrected chi connectivity index (χ3v) is 8.03. The van der Waals surface area contributed by atoms with E-state index in [0.29, 0.717) is 28.6 Å². The summed E-state index contributed by atoms with van der Waals surface area (Å²) in [7, 11) is 0. The van der Waals surface area contributed by atoms with Crippen molar-refractivity contribution < 1.29 is 33.4 Å². The van der Waals surface area contributed by atoms with Gasteiger partial charge in [-0.15, -0.1) is 0 Å². The summed E-state index contributed by atoms with van der Waals surface area (Å²) in [4.78, 5) is 56.6. The number of para-hydroxylation sites is 2. The number of amides is 4. The number of nitrogens with one attached hydrogen (secondary N) is 3. The van der Waals surface area contributed by atoms with E-state index >= 15 is 0 Å². The summed E-state index contributed by atoms with van der Waals surface area (Å²) in [6.45, 7) is 11.9. The number of hydrogen-bond donors (Lipinski definition) is 3. The van der Waals surface area contributed by atoms with Crippen molar-refractivity contribution in [2.45, 2.75) is 97.1 Å². The second-order valence-electron chi connectivity index (χ2n) is 14.8. The van der Waals surface area contributed by atoms with Crippen LogP contribution in [0.5, 0.6) is 0 Å². The van der Waals surface area contributed by atoms with Crippen LogP contribution in [0.4, 0.5) is 25.8 Å². The Morgan fingerprint density at radius 2 is 1.48 bits per heavy atom. The first kappa shape index (κ1) is 36.2. The molecule has 0 bridgehead atoms. The molecule has 12 heteroatoms.